The Morgan fingerprint density at radius 2 is 1.55 bits per heavy atom. The lowest BCUT2D eigenvalue weighted by molar-refractivity contribution is 0.559. The predicted molar refractivity (Wildman–Crippen MR) is 81.0 cm³/mol. The fraction of sp³-hybridized carbons (Fsp3) is 0.143. The van der Waals surface area contributed by atoms with Crippen LogP contribution < -0.4 is 0 Å². The van der Waals surface area contributed by atoms with Crippen molar-refractivity contribution in [3.8, 4) is 0 Å². The number of aryl methyl sites for hydroxylation is 1. The number of hydrogen-bond acceptors (Lipinski definition) is 0. The summed E-state index contributed by atoms with van der Waals surface area (Å²) in [7, 11) is 0. The van der Waals surface area contributed by atoms with Gasteiger partial charge in [-0.2, -0.15) is 0 Å². The van der Waals surface area contributed by atoms with Crippen LogP contribution in [0, 0.1) is 24.4 Å². The molecule has 0 saturated heterocycles. The van der Waals surface area contributed by atoms with E-state index < -0.39 is 22.3 Å². The van der Waals surface area contributed by atoms with Gasteiger partial charge in [-0.25, -0.2) is 13.2 Å². The molecule has 0 spiro atoms. The SMILES string of the molecule is Cc1cc(C(Br)c2c(F)cc(Br)cc2F)c(Cl)cc1F. The maximum atomic E-state index is 13.9. The largest absolute Gasteiger partial charge is 0.207 e. The van der Waals surface area contributed by atoms with Crippen molar-refractivity contribution in [1.29, 1.82) is 0 Å². The molecule has 0 nitrogen and oxygen atoms in total. The van der Waals surface area contributed by atoms with Gasteiger partial charge in [0.25, 0.3) is 0 Å². The van der Waals surface area contributed by atoms with E-state index in [-0.39, 0.29) is 10.6 Å². The molecule has 0 saturated carbocycles. The minimum atomic E-state index is -0.803. The Balaban J connectivity index is 2.57. The van der Waals surface area contributed by atoms with Crippen LogP contribution in [0.5, 0.6) is 0 Å². The molecule has 1 atom stereocenters. The van der Waals surface area contributed by atoms with Gasteiger partial charge in [0, 0.05) is 15.1 Å². The summed E-state index contributed by atoms with van der Waals surface area (Å²) in [5, 5.41) is 0.108. The maximum Gasteiger partial charge on any atom is 0.131 e. The van der Waals surface area contributed by atoms with E-state index in [2.05, 4.69) is 31.9 Å². The minimum absolute atomic E-state index is 0.108. The summed E-state index contributed by atoms with van der Waals surface area (Å²) in [5.41, 5.74) is 0.596. The molecule has 0 bridgehead atoms. The fourth-order valence-electron chi connectivity index (χ4n) is 1.82. The zero-order valence-electron chi connectivity index (χ0n) is 10.2. The van der Waals surface area contributed by atoms with Crippen molar-refractivity contribution < 1.29 is 13.2 Å². The minimum Gasteiger partial charge on any atom is -0.207 e. The second kappa shape index (κ2) is 6.08. The molecule has 1 unspecified atom stereocenters. The quantitative estimate of drug-likeness (QED) is 0.492. The lowest BCUT2D eigenvalue weighted by atomic mass is 10.0. The van der Waals surface area contributed by atoms with Crippen molar-refractivity contribution in [1.82, 2.24) is 0 Å². The second-order valence-corrected chi connectivity index (χ2v) is 6.51. The molecule has 6 heteroatoms. The lowest BCUT2D eigenvalue weighted by Gasteiger charge is -2.15. The van der Waals surface area contributed by atoms with E-state index >= 15 is 0 Å². The van der Waals surface area contributed by atoms with Crippen molar-refractivity contribution in [3.63, 3.8) is 0 Å². The third-order valence-corrected chi connectivity index (χ3v) is 4.58. The molecular formula is C14H8Br2ClF3. The Morgan fingerprint density at radius 3 is 2.10 bits per heavy atom. The van der Waals surface area contributed by atoms with Gasteiger partial charge in [-0.15, -0.1) is 0 Å². The third-order valence-electron chi connectivity index (χ3n) is 2.85. The fourth-order valence-corrected chi connectivity index (χ4v) is 3.43. The van der Waals surface area contributed by atoms with Crippen molar-refractivity contribution >= 4 is 43.5 Å². The highest BCUT2D eigenvalue weighted by atomic mass is 79.9. The van der Waals surface area contributed by atoms with E-state index in [4.69, 9.17) is 11.6 Å². The molecule has 0 amide bonds. The van der Waals surface area contributed by atoms with E-state index in [9.17, 15) is 13.2 Å². The first kappa shape index (κ1) is 15.9. The van der Waals surface area contributed by atoms with Crippen LogP contribution in [0.3, 0.4) is 0 Å². The molecule has 0 aliphatic heterocycles. The van der Waals surface area contributed by atoms with Crippen LogP contribution in [0.4, 0.5) is 13.2 Å². The summed E-state index contributed by atoms with van der Waals surface area (Å²) in [6.45, 7) is 1.56. The van der Waals surface area contributed by atoms with Crippen LogP contribution >= 0.6 is 43.5 Å². The van der Waals surface area contributed by atoms with Crippen LogP contribution in [0.1, 0.15) is 21.5 Å². The van der Waals surface area contributed by atoms with Gasteiger partial charge in [0.05, 0.1) is 4.83 Å². The average Bonchev–Trinajstić information content (AvgIpc) is 2.32. The van der Waals surface area contributed by atoms with Crippen molar-refractivity contribution in [2.24, 2.45) is 0 Å². The molecule has 0 aliphatic rings. The Morgan fingerprint density at radius 1 is 1.00 bits per heavy atom. The Bertz CT molecular complexity index is 651. The number of hydrogen-bond donors (Lipinski definition) is 0. The molecule has 2 rings (SSSR count). The highest BCUT2D eigenvalue weighted by Crippen LogP contribution is 2.39. The molecular weight excluding hydrogens is 420 g/mol. The average molecular weight is 428 g/mol. The Kier molecular flexibility index (Phi) is 4.82. The molecule has 0 N–H and O–H groups in total. The van der Waals surface area contributed by atoms with Crippen molar-refractivity contribution in [2.45, 2.75) is 11.8 Å². The predicted octanol–water partition coefficient (Wildman–Crippen LogP) is 6.31. The molecule has 0 heterocycles. The van der Waals surface area contributed by atoms with Gasteiger partial charge >= 0.3 is 0 Å². The van der Waals surface area contributed by atoms with Crippen LogP contribution in [0.15, 0.2) is 28.7 Å². The van der Waals surface area contributed by atoms with Crippen LogP contribution in [0.2, 0.25) is 5.02 Å². The van der Waals surface area contributed by atoms with Crippen LogP contribution in [-0.4, -0.2) is 0 Å². The molecule has 0 aromatic heterocycles. The van der Waals surface area contributed by atoms with Gasteiger partial charge in [0.2, 0.25) is 0 Å². The number of benzene rings is 2. The Hall–Kier alpha value is -0.520. The van der Waals surface area contributed by atoms with Gasteiger partial charge < -0.3 is 0 Å². The van der Waals surface area contributed by atoms with Crippen molar-refractivity contribution in [3.05, 3.63) is 67.9 Å². The monoisotopic (exact) mass is 426 g/mol. The summed E-state index contributed by atoms with van der Waals surface area (Å²) in [6, 6.07) is 4.93. The van der Waals surface area contributed by atoms with Crippen LogP contribution in [0.25, 0.3) is 0 Å². The maximum absolute atomic E-state index is 13.9. The second-order valence-electron chi connectivity index (χ2n) is 4.27. The van der Waals surface area contributed by atoms with Gasteiger partial charge in [-0.05, 0) is 36.2 Å². The smallest absolute Gasteiger partial charge is 0.131 e. The molecule has 2 aromatic rings. The van der Waals surface area contributed by atoms with E-state index in [1.165, 1.54) is 6.07 Å². The summed E-state index contributed by atoms with van der Waals surface area (Å²) < 4.78 is 41.6. The van der Waals surface area contributed by atoms with Gasteiger partial charge in [-0.1, -0.05) is 49.5 Å². The highest BCUT2D eigenvalue weighted by Gasteiger charge is 2.23. The summed E-state index contributed by atoms with van der Waals surface area (Å²) in [5.74, 6) is -1.89. The highest BCUT2D eigenvalue weighted by molar-refractivity contribution is 9.10. The normalized spacial score (nSPS) is 12.6. The van der Waals surface area contributed by atoms with Gasteiger partial charge in [0.15, 0.2) is 0 Å². The summed E-state index contributed by atoms with van der Waals surface area (Å²) in [4.78, 5) is -0.803. The molecule has 0 fully saturated rings. The molecule has 0 radical (unpaired) electrons. The molecule has 0 aliphatic carbocycles. The number of rotatable bonds is 2. The van der Waals surface area contributed by atoms with E-state index in [1.54, 1.807) is 6.92 Å². The van der Waals surface area contributed by atoms with E-state index in [0.29, 0.717) is 15.6 Å². The first-order valence-corrected chi connectivity index (χ1v) is 7.64. The summed E-state index contributed by atoms with van der Waals surface area (Å²) >= 11 is 12.2. The van der Waals surface area contributed by atoms with Gasteiger partial charge in [-0.3, -0.25) is 0 Å². The standard InChI is InChI=1S/C14H8Br2ClF3/c1-6-2-8(9(17)5-10(6)18)14(16)13-11(19)3-7(15)4-12(13)20/h2-5,14H,1H3. The number of halogens is 6. The van der Waals surface area contributed by atoms with Crippen LogP contribution in [-0.2, 0) is 0 Å². The number of alkyl halides is 1. The molecule has 106 valence electrons. The van der Waals surface area contributed by atoms with E-state index in [0.717, 1.165) is 18.2 Å². The summed E-state index contributed by atoms with van der Waals surface area (Å²) in [6.07, 6.45) is 0. The van der Waals surface area contributed by atoms with E-state index in [1.807, 2.05) is 0 Å². The zero-order valence-corrected chi connectivity index (χ0v) is 14.1. The topological polar surface area (TPSA) is 0 Å². The Labute approximate surface area is 136 Å². The molecule has 2 aromatic carbocycles. The first-order valence-electron chi connectivity index (χ1n) is 5.55. The first-order chi connectivity index (χ1) is 9.31. The zero-order chi connectivity index (χ0) is 15.0. The van der Waals surface area contributed by atoms with Crippen molar-refractivity contribution in [2.75, 3.05) is 0 Å². The third kappa shape index (κ3) is 3.05. The molecule has 20 heavy (non-hydrogen) atoms. The lowest BCUT2D eigenvalue weighted by Crippen LogP contribution is -2.02. The van der Waals surface area contributed by atoms with Gasteiger partial charge in [0.1, 0.15) is 17.5 Å².